The van der Waals surface area contributed by atoms with Crippen molar-refractivity contribution in [3.8, 4) is 0 Å². The lowest BCUT2D eigenvalue weighted by molar-refractivity contribution is -0.137. The normalized spacial score (nSPS) is 18.0. The van der Waals surface area contributed by atoms with Gasteiger partial charge in [-0.3, -0.25) is 4.79 Å². The van der Waals surface area contributed by atoms with Crippen LogP contribution in [0.15, 0.2) is 54.2 Å². The first kappa shape index (κ1) is 17.5. The molecule has 6 heteroatoms. The van der Waals surface area contributed by atoms with Crippen LogP contribution in [-0.4, -0.2) is 12.8 Å². The molecule has 1 N–H and O–H groups in total. The number of carbonyl (C=O) groups is 1. The molecule has 1 atom stereocenters. The first-order chi connectivity index (χ1) is 11.8. The topological polar surface area (TPSA) is 29.1 Å². The number of benzene rings is 2. The van der Waals surface area contributed by atoms with Gasteiger partial charge in [-0.15, -0.1) is 0 Å². The van der Waals surface area contributed by atoms with Crippen LogP contribution in [0.2, 0.25) is 5.02 Å². The van der Waals surface area contributed by atoms with E-state index in [2.05, 4.69) is 5.32 Å². The summed E-state index contributed by atoms with van der Waals surface area (Å²) in [5, 5.41) is 2.58. The molecular formula is C19H15ClF3NO. The highest BCUT2D eigenvalue weighted by Gasteiger charge is 2.37. The molecule has 0 bridgehead atoms. The largest absolute Gasteiger partial charge is 0.417 e. The van der Waals surface area contributed by atoms with E-state index in [1.807, 2.05) is 30.3 Å². The molecule has 2 aromatic rings. The molecule has 2 aromatic carbocycles. The van der Waals surface area contributed by atoms with E-state index in [4.69, 9.17) is 11.6 Å². The number of hydrogen-bond acceptors (Lipinski definition) is 2. The maximum Gasteiger partial charge on any atom is 0.417 e. The van der Waals surface area contributed by atoms with Crippen LogP contribution >= 0.6 is 11.6 Å². The van der Waals surface area contributed by atoms with Gasteiger partial charge < -0.3 is 5.32 Å². The first-order valence-corrected chi connectivity index (χ1v) is 8.08. The molecule has 0 fully saturated rings. The van der Waals surface area contributed by atoms with Crippen LogP contribution in [0, 0.1) is 0 Å². The SMILES string of the molecule is CNC1=C(c2ccc(Cl)c(C(F)(F)F)c2)C(=O)C(c2ccccc2)C1. The summed E-state index contributed by atoms with van der Waals surface area (Å²) in [5.74, 6) is -0.588. The van der Waals surface area contributed by atoms with Gasteiger partial charge >= 0.3 is 6.18 Å². The zero-order chi connectivity index (χ0) is 18.2. The van der Waals surface area contributed by atoms with E-state index >= 15 is 0 Å². The Labute approximate surface area is 148 Å². The summed E-state index contributed by atoms with van der Waals surface area (Å²) in [7, 11) is 1.66. The number of hydrogen-bond donors (Lipinski definition) is 1. The summed E-state index contributed by atoms with van der Waals surface area (Å²) in [6.45, 7) is 0. The Hall–Kier alpha value is -2.27. The predicted molar refractivity (Wildman–Crippen MR) is 91.2 cm³/mol. The molecule has 0 aliphatic heterocycles. The Balaban J connectivity index is 2.05. The summed E-state index contributed by atoms with van der Waals surface area (Å²) >= 11 is 5.68. The monoisotopic (exact) mass is 365 g/mol. The predicted octanol–water partition coefficient (Wildman–Crippen LogP) is 5.05. The van der Waals surface area contributed by atoms with Crippen molar-refractivity contribution in [1.82, 2.24) is 5.32 Å². The van der Waals surface area contributed by atoms with Gasteiger partial charge in [0.2, 0.25) is 0 Å². The van der Waals surface area contributed by atoms with Crippen LogP contribution in [0.25, 0.3) is 5.57 Å². The Bertz CT molecular complexity index is 843. The van der Waals surface area contributed by atoms with Crippen LogP contribution in [0.4, 0.5) is 13.2 Å². The van der Waals surface area contributed by atoms with Crippen LogP contribution in [0.3, 0.4) is 0 Å². The van der Waals surface area contributed by atoms with Crippen molar-refractivity contribution in [2.75, 3.05) is 7.05 Å². The van der Waals surface area contributed by atoms with E-state index in [1.165, 1.54) is 12.1 Å². The highest BCUT2D eigenvalue weighted by Crippen LogP contribution is 2.42. The number of alkyl halides is 3. The van der Waals surface area contributed by atoms with Crippen molar-refractivity contribution < 1.29 is 18.0 Å². The number of ketones is 1. The fourth-order valence-corrected chi connectivity index (χ4v) is 3.34. The lowest BCUT2D eigenvalue weighted by Gasteiger charge is -2.13. The average Bonchev–Trinajstić information content (AvgIpc) is 2.92. The third-order valence-electron chi connectivity index (χ3n) is 4.34. The third-order valence-corrected chi connectivity index (χ3v) is 4.67. The number of Topliss-reactive ketones (excluding diaryl/α,β-unsaturated/α-hetero) is 1. The van der Waals surface area contributed by atoms with Crippen LogP contribution in [-0.2, 0) is 11.0 Å². The van der Waals surface area contributed by atoms with Crippen molar-refractivity contribution in [3.63, 3.8) is 0 Å². The van der Waals surface area contributed by atoms with Gasteiger partial charge in [0.1, 0.15) is 0 Å². The second-order valence-corrected chi connectivity index (χ2v) is 6.23. The lowest BCUT2D eigenvalue weighted by Crippen LogP contribution is -2.10. The molecule has 0 heterocycles. The van der Waals surface area contributed by atoms with Gasteiger partial charge in [-0.05, 0) is 23.3 Å². The summed E-state index contributed by atoms with van der Waals surface area (Å²) in [6.07, 6.45) is -4.15. The third kappa shape index (κ3) is 3.29. The van der Waals surface area contributed by atoms with Gasteiger partial charge in [0, 0.05) is 24.7 Å². The summed E-state index contributed by atoms with van der Waals surface area (Å²) < 4.78 is 39.4. The minimum atomic E-state index is -4.58. The van der Waals surface area contributed by atoms with Gasteiger partial charge in [-0.2, -0.15) is 13.2 Å². The molecule has 2 nitrogen and oxygen atoms in total. The molecule has 1 aliphatic rings. The standard InChI is InChI=1S/C19H15ClF3NO/c1-24-16-10-13(11-5-3-2-4-6-11)18(25)17(16)12-7-8-15(20)14(9-12)19(21,22)23/h2-9,13,24H,10H2,1H3. The quantitative estimate of drug-likeness (QED) is 0.825. The maximum absolute atomic E-state index is 13.1. The maximum atomic E-state index is 13.1. The van der Waals surface area contributed by atoms with Crippen molar-refractivity contribution >= 4 is 23.0 Å². The van der Waals surface area contributed by atoms with Crippen molar-refractivity contribution in [2.45, 2.75) is 18.5 Å². The Morgan fingerprint density at radius 3 is 2.40 bits per heavy atom. The Morgan fingerprint density at radius 2 is 1.80 bits per heavy atom. The smallest absolute Gasteiger partial charge is 0.391 e. The average molecular weight is 366 g/mol. The van der Waals surface area contributed by atoms with Crippen molar-refractivity contribution in [3.05, 3.63) is 75.9 Å². The van der Waals surface area contributed by atoms with Crippen LogP contribution < -0.4 is 5.32 Å². The number of carbonyl (C=O) groups excluding carboxylic acids is 1. The highest BCUT2D eigenvalue weighted by molar-refractivity contribution is 6.32. The molecule has 0 amide bonds. The van der Waals surface area contributed by atoms with E-state index < -0.39 is 17.7 Å². The second-order valence-electron chi connectivity index (χ2n) is 5.83. The number of rotatable bonds is 3. The summed E-state index contributed by atoms with van der Waals surface area (Å²) in [5.41, 5.74) is 1.06. The number of allylic oxidation sites excluding steroid dienone is 2. The van der Waals surface area contributed by atoms with Crippen molar-refractivity contribution in [2.24, 2.45) is 0 Å². The molecular weight excluding hydrogens is 351 g/mol. The molecule has 0 saturated heterocycles. The van der Waals surface area contributed by atoms with Gasteiger partial charge in [-0.1, -0.05) is 48.0 Å². The molecule has 3 rings (SSSR count). The minimum absolute atomic E-state index is 0.189. The zero-order valence-electron chi connectivity index (χ0n) is 13.3. The molecule has 0 radical (unpaired) electrons. The first-order valence-electron chi connectivity index (χ1n) is 7.70. The molecule has 1 unspecified atom stereocenters. The van der Waals surface area contributed by atoms with Gasteiger partial charge in [0.15, 0.2) is 5.78 Å². The van der Waals surface area contributed by atoms with Gasteiger partial charge in [0.05, 0.1) is 16.5 Å². The molecule has 0 aromatic heterocycles. The molecule has 25 heavy (non-hydrogen) atoms. The van der Waals surface area contributed by atoms with E-state index in [1.54, 1.807) is 7.05 Å². The van der Waals surface area contributed by atoms with E-state index in [0.717, 1.165) is 11.6 Å². The summed E-state index contributed by atoms with van der Waals surface area (Å²) in [4.78, 5) is 12.9. The molecule has 130 valence electrons. The number of nitrogens with one attached hydrogen (secondary N) is 1. The molecule has 0 spiro atoms. The van der Waals surface area contributed by atoms with E-state index in [-0.39, 0.29) is 16.4 Å². The highest BCUT2D eigenvalue weighted by atomic mass is 35.5. The van der Waals surface area contributed by atoms with E-state index in [0.29, 0.717) is 17.7 Å². The van der Waals surface area contributed by atoms with Crippen LogP contribution in [0.1, 0.15) is 29.0 Å². The van der Waals surface area contributed by atoms with Crippen LogP contribution in [0.5, 0.6) is 0 Å². The Kier molecular flexibility index (Phi) is 4.60. The van der Waals surface area contributed by atoms with Gasteiger partial charge in [-0.25, -0.2) is 0 Å². The Morgan fingerprint density at radius 1 is 1.12 bits per heavy atom. The molecule has 1 aliphatic carbocycles. The van der Waals surface area contributed by atoms with E-state index in [9.17, 15) is 18.0 Å². The fourth-order valence-electron chi connectivity index (χ4n) is 3.12. The minimum Gasteiger partial charge on any atom is -0.391 e. The van der Waals surface area contributed by atoms with Gasteiger partial charge in [0.25, 0.3) is 0 Å². The van der Waals surface area contributed by atoms with Crippen molar-refractivity contribution in [1.29, 1.82) is 0 Å². The fraction of sp³-hybridized carbons (Fsp3) is 0.211. The molecule has 0 saturated carbocycles. The summed E-state index contributed by atoms with van der Waals surface area (Å²) in [6, 6.07) is 12.8. The second kappa shape index (κ2) is 6.56. The lowest BCUT2D eigenvalue weighted by atomic mass is 9.92. The number of halogens is 4. The zero-order valence-corrected chi connectivity index (χ0v) is 14.1.